The van der Waals surface area contributed by atoms with Crippen molar-refractivity contribution < 1.29 is 14.7 Å². The Morgan fingerprint density at radius 2 is 1.83 bits per heavy atom. The van der Waals surface area contributed by atoms with Crippen molar-refractivity contribution in [3.8, 4) is 0 Å². The lowest BCUT2D eigenvalue weighted by Crippen LogP contribution is -2.53. The van der Waals surface area contributed by atoms with Gasteiger partial charge in [-0.15, -0.1) is 0 Å². The number of carbonyl (C=O) groups is 2. The molecule has 1 rings (SSSR count). The van der Waals surface area contributed by atoms with Crippen LogP contribution in [0, 0.1) is 0 Å². The molecule has 2 amide bonds. The summed E-state index contributed by atoms with van der Waals surface area (Å²) < 4.78 is 0. The molecule has 0 saturated carbocycles. The highest BCUT2D eigenvalue weighted by molar-refractivity contribution is 5.74. The first-order valence-electron chi connectivity index (χ1n) is 6.48. The van der Waals surface area contributed by atoms with Crippen LogP contribution in [-0.2, 0) is 4.79 Å². The standard InChI is InChI=1S/C12H23N3O3/c1-3-4-5-13(2)12(18)15-8-6-14(7-9-15)10-11(16)17/h3-10H2,1-2H3,(H,16,17). The molecule has 0 aliphatic carbocycles. The molecule has 1 heterocycles. The topological polar surface area (TPSA) is 64.1 Å². The monoisotopic (exact) mass is 257 g/mol. The van der Waals surface area contributed by atoms with Crippen LogP contribution in [0.2, 0.25) is 0 Å². The molecule has 0 spiro atoms. The normalized spacial score (nSPS) is 16.7. The van der Waals surface area contributed by atoms with Gasteiger partial charge in [0.05, 0.1) is 6.54 Å². The quantitative estimate of drug-likeness (QED) is 0.781. The molecule has 0 aromatic carbocycles. The molecule has 0 unspecified atom stereocenters. The van der Waals surface area contributed by atoms with Crippen molar-refractivity contribution in [3.05, 3.63) is 0 Å². The smallest absolute Gasteiger partial charge is 0.319 e. The highest BCUT2D eigenvalue weighted by Crippen LogP contribution is 2.05. The minimum absolute atomic E-state index is 0.0541. The van der Waals surface area contributed by atoms with Gasteiger partial charge in [-0.25, -0.2) is 4.79 Å². The Hall–Kier alpha value is -1.30. The van der Waals surface area contributed by atoms with E-state index in [1.807, 2.05) is 11.9 Å². The zero-order valence-electron chi connectivity index (χ0n) is 11.3. The summed E-state index contributed by atoms with van der Waals surface area (Å²) in [6.07, 6.45) is 2.09. The van der Waals surface area contributed by atoms with E-state index in [-0.39, 0.29) is 12.6 Å². The van der Waals surface area contributed by atoms with E-state index >= 15 is 0 Å². The highest BCUT2D eigenvalue weighted by atomic mass is 16.4. The molecule has 0 atom stereocenters. The van der Waals surface area contributed by atoms with Crippen molar-refractivity contribution in [3.63, 3.8) is 0 Å². The number of amides is 2. The van der Waals surface area contributed by atoms with Crippen LogP contribution in [0.5, 0.6) is 0 Å². The maximum Gasteiger partial charge on any atom is 0.319 e. The highest BCUT2D eigenvalue weighted by Gasteiger charge is 2.23. The number of carbonyl (C=O) groups excluding carboxylic acids is 1. The van der Waals surface area contributed by atoms with Gasteiger partial charge >= 0.3 is 12.0 Å². The summed E-state index contributed by atoms with van der Waals surface area (Å²) in [6, 6.07) is 0.0541. The number of carboxylic acids is 1. The zero-order chi connectivity index (χ0) is 13.5. The summed E-state index contributed by atoms with van der Waals surface area (Å²) in [5, 5.41) is 8.70. The number of aliphatic carboxylic acids is 1. The number of piperazine rings is 1. The average Bonchev–Trinajstić information content (AvgIpc) is 2.35. The molecule has 1 N–H and O–H groups in total. The van der Waals surface area contributed by atoms with Gasteiger partial charge in [-0.2, -0.15) is 0 Å². The van der Waals surface area contributed by atoms with Crippen molar-refractivity contribution in [1.29, 1.82) is 0 Å². The summed E-state index contributed by atoms with van der Waals surface area (Å²) in [7, 11) is 1.82. The second kappa shape index (κ2) is 7.20. The Balaban J connectivity index is 2.33. The van der Waals surface area contributed by atoms with Crippen molar-refractivity contribution >= 4 is 12.0 Å². The average molecular weight is 257 g/mol. The minimum atomic E-state index is -0.810. The third-order valence-corrected chi connectivity index (χ3v) is 3.18. The fourth-order valence-electron chi connectivity index (χ4n) is 2.02. The Morgan fingerprint density at radius 1 is 1.22 bits per heavy atom. The van der Waals surface area contributed by atoms with Gasteiger partial charge in [0.15, 0.2) is 0 Å². The molecular weight excluding hydrogens is 234 g/mol. The fraction of sp³-hybridized carbons (Fsp3) is 0.833. The summed E-state index contributed by atoms with van der Waals surface area (Å²) in [5.41, 5.74) is 0. The predicted octanol–water partition coefficient (Wildman–Crippen LogP) is 0.541. The molecule has 1 fully saturated rings. The van der Waals surface area contributed by atoms with Gasteiger partial charge in [0, 0.05) is 39.8 Å². The van der Waals surface area contributed by atoms with Gasteiger partial charge in [-0.1, -0.05) is 13.3 Å². The molecule has 1 aliphatic rings. The van der Waals surface area contributed by atoms with Crippen LogP contribution >= 0.6 is 0 Å². The molecule has 6 nitrogen and oxygen atoms in total. The summed E-state index contributed by atoms with van der Waals surface area (Å²) in [4.78, 5) is 28.0. The summed E-state index contributed by atoms with van der Waals surface area (Å²) in [5.74, 6) is -0.810. The number of unbranched alkanes of at least 4 members (excludes halogenated alkanes) is 1. The Kier molecular flexibility index (Phi) is 5.91. The van der Waals surface area contributed by atoms with E-state index < -0.39 is 5.97 Å². The van der Waals surface area contributed by atoms with Gasteiger partial charge in [-0.3, -0.25) is 9.69 Å². The van der Waals surface area contributed by atoms with Crippen molar-refractivity contribution in [2.75, 3.05) is 46.3 Å². The molecule has 0 radical (unpaired) electrons. The molecule has 1 aliphatic heterocycles. The Labute approximate surface area is 108 Å². The molecule has 1 saturated heterocycles. The number of hydrogen-bond donors (Lipinski definition) is 1. The van der Waals surface area contributed by atoms with Gasteiger partial charge in [0.1, 0.15) is 0 Å². The van der Waals surface area contributed by atoms with E-state index in [0.29, 0.717) is 26.2 Å². The molecule has 104 valence electrons. The van der Waals surface area contributed by atoms with Gasteiger partial charge in [0.2, 0.25) is 0 Å². The lowest BCUT2D eigenvalue weighted by Gasteiger charge is -2.36. The molecule has 6 heteroatoms. The van der Waals surface area contributed by atoms with Crippen LogP contribution in [0.3, 0.4) is 0 Å². The molecule has 0 aromatic rings. The molecular formula is C12H23N3O3. The van der Waals surface area contributed by atoms with Crippen LogP contribution < -0.4 is 0 Å². The maximum atomic E-state index is 12.0. The van der Waals surface area contributed by atoms with E-state index in [4.69, 9.17) is 5.11 Å². The predicted molar refractivity (Wildman–Crippen MR) is 68.6 cm³/mol. The third-order valence-electron chi connectivity index (χ3n) is 3.18. The van der Waals surface area contributed by atoms with Crippen molar-refractivity contribution in [1.82, 2.24) is 14.7 Å². The minimum Gasteiger partial charge on any atom is -0.480 e. The van der Waals surface area contributed by atoms with E-state index in [0.717, 1.165) is 19.4 Å². The number of hydrogen-bond acceptors (Lipinski definition) is 3. The summed E-state index contributed by atoms with van der Waals surface area (Å²) in [6.45, 7) is 5.45. The van der Waals surface area contributed by atoms with Crippen LogP contribution in [0.25, 0.3) is 0 Å². The maximum absolute atomic E-state index is 12.0. The number of urea groups is 1. The Bertz CT molecular complexity index is 288. The first-order valence-corrected chi connectivity index (χ1v) is 6.48. The lowest BCUT2D eigenvalue weighted by atomic mass is 10.3. The Morgan fingerprint density at radius 3 is 2.33 bits per heavy atom. The van der Waals surface area contributed by atoms with Gasteiger partial charge < -0.3 is 14.9 Å². The number of rotatable bonds is 5. The van der Waals surface area contributed by atoms with Crippen LogP contribution in [0.15, 0.2) is 0 Å². The van der Waals surface area contributed by atoms with Crippen LogP contribution in [0.4, 0.5) is 4.79 Å². The molecule has 0 bridgehead atoms. The first kappa shape index (κ1) is 14.8. The second-order valence-corrected chi connectivity index (χ2v) is 4.71. The van der Waals surface area contributed by atoms with E-state index in [2.05, 4.69) is 6.92 Å². The first-order chi connectivity index (χ1) is 8.54. The van der Waals surface area contributed by atoms with Crippen molar-refractivity contribution in [2.24, 2.45) is 0 Å². The van der Waals surface area contributed by atoms with Crippen LogP contribution in [0.1, 0.15) is 19.8 Å². The van der Waals surface area contributed by atoms with E-state index in [1.165, 1.54) is 0 Å². The van der Waals surface area contributed by atoms with E-state index in [9.17, 15) is 9.59 Å². The number of nitrogens with zero attached hydrogens (tertiary/aromatic N) is 3. The van der Waals surface area contributed by atoms with Crippen LogP contribution in [-0.4, -0.2) is 78.1 Å². The fourth-order valence-corrected chi connectivity index (χ4v) is 2.02. The molecule has 18 heavy (non-hydrogen) atoms. The van der Waals surface area contributed by atoms with Gasteiger partial charge in [-0.05, 0) is 6.42 Å². The third kappa shape index (κ3) is 4.52. The summed E-state index contributed by atoms with van der Waals surface area (Å²) >= 11 is 0. The van der Waals surface area contributed by atoms with Gasteiger partial charge in [0.25, 0.3) is 0 Å². The van der Waals surface area contributed by atoms with E-state index in [1.54, 1.807) is 9.80 Å². The zero-order valence-corrected chi connectivity index (χ0v) is 11.3. The SMILES string of the molecule is CCCCN(C)C(=O)N1CCN(CC(=O)O)CC1. The lowest BCUT2D eigenvalue weighted by molar-refractivity contribution is -0.138. The second-order valence-electron chi connectivity index (χ2n) is 4.71. The largest absolute Gasteiger partial charge is 0.480 e. The van der Waals surface area contributed by atoms with Crippen molar-refractivity contribution in [2.45, 2.75) is 19.8 Å². The molecule has 0 aromatic heterocycles. The number of carboxylic acid groups (broad SMARTS) is 1.